The highest BCUT2D eigenvalue weighted by Gasteiger charge is 2.34. The van der Waals surface area contributed by atoms with Gasteiger partial charge in [0, 0.05) is 20.2 Å². The van der Waals surface area contributed by atoms with Gasteiger partial charge in [-0.05, 0) is 37.1 Å². The molecule has 1 aliphatic heterocycles. The van der Waals surface area contributed by atoms with E-state index < -0.39 is 11.6 Å². The number of nitrogens with zero attached hydrogens (tertiary/aromatic N) is 1. The lowest BCUT2D eigenvalue weighted by Crippen LogP contribution is -2.44. The Hall–Kier alpha value is -1.88. The quantitative estimate of drug-likeness (QED) is 0.900. The monoisotopic (exact) mass is 263 g/mol. The smallest absolute Gasteiger partial charge is 0.335 e. The lowest BCUT2D eigenvalue weighted by molar-refractivity contribution is -0.151. The third-order valence-corrected chi connectivity index (χ3v) is 3.49. The minimum Gasteiger partial charge on any atom is -0.478 e. The van der Waals surface area contributed by atoms with Crippen LogP contribution in [0.4, 0.5) is 0 Å². The highest BCUT2D eigenvalue weighted by Crippen LogP contribution is 2.26. The van der Waals surface area contributed by atoms with Crippen LogP contribution in [0.2, 0.25) is 0 Å². The summed E-state index contributed by atoms with van der Waals surface area (Å²) < 4.78 is 5.19. The standard InChI is InChI=1S/C14H17NO4/c1-14(2,19-3)13(18)15-7-10-5-4-9(12(16)17)6-11(10)8-15/h4-6H,7-8H2,1-3H3,(H,16,17). The summed E-state index contributed by atoms with van der Waals surface area (Å²) >= 11 is 0. The second-order valence-corrected chi connectivity index (χ2v) is 5.16. The maximum absolute atomic E-state index is 12.3. The Morgan fingerprint density at radius 1 is 1.26 bits per heavy atom. The summed E-state index contributed by atoms with van der Waals surface area (Å²) in [5, 5.41) is 8.96. The summed E-state index contributed by atoms with van der Waals surface area (Å²) in [7, 11) is 1.50. The third kappa shape index (κ3) is 2.46. The van der Waals surface area contributed by atoms with Crippen LogP contribution < -0.4 is 0 Å². The van der Waals surface area contributed by atoms with E-state index in [1.165, 1.54) is 7.11 Å². The molecule has 19 heavy (non-hydrogen) atoms. The van der Waals surface area contributed by atoms with Gasteiger partial charge in [0.25, 0.3) is 5.91 Å². The van der Waals surface area contributed by atoms with Gasteiger partial charge < -0.3 is 14.7 Å². The normalized spacial score (nSPS) is 14.4. The van der Waals surface area contributed by atoms with Crippen LogP contribution in [0.1, 0.15) is 35.3 Å². The molecule has 0 saturated carbocycles. The topological polar surface area (TPSA) is 66.8 Å². The number of amides is 1. The molecule has 2 rings (SSSR count). The number of carbonyl (C=O) groups is 2. The van der Waals surface area contributed by atoms with Gasteiger partial charge in [0.1, 0.15) is 5.60 Å². The zero-order valence-electron chi connectivity index (χ0n) is 11.3. The van der Waals surface area contributed by atoms with Crippen LogP contribution in [0, 0.1) is 0 Å². The van der Waals surface area contributed by atoms with Crippen molar-refractivity contribution in [2.45, 2.75) is 32.5 Å². The van der Waals surface area contributed by atoms with Crippen molar-refractivity contribution < 1.29 is 19.4 Å². The van der Waals surface area contributed by atoms with Crippen LogP contribution in [0.5, 0.6) is 0 Å². The van der Waals surface area contributed by atoms with Crippen molar-refractivity contribution in [1.29, 1.82) is 0 Å². The van der Waals surface area contributed by atoms with Crippen LogP contribution in [0.15, 0.2) is 18.2 Å². The first kappa shape index (κ1) is 13.5. The van der Waals surface area contributed by atoms with E-state index in [1.54, 1.807) is 36.9 Å². The van der Waals surface area contributed by atoms with Gasteiger partial charge in [-0.15, -0.1) is 0 Å². The number of hydrogen-bond acceptors (Lipinski definition) is 3. The third-order valence-electron chi connectivity index (χ3n) is 3.49. The zero-order chi connectivity index (χ0) is 14.2. The molecule has 0 atom stereocenters. The first-order valence-corrected chi connectivity index (χ1v) is 6.05. The molecule has 0 unspecified atom stereocenters. The van der Waals surface area contributed by atoms with Gasteiger partial charge in [0.15, 0.2) is 0 Å². The molecule has 0 radical (unpaired) electrons. The predicted molar refractivity (Wildman–Crippen MR) is 68.7 cm³/mol. The SMILES string of the molecule is COC(C)(C)C(=O)N1Cc2ccc(C(=O)O)cc2C1. The second-order valence-electron chi connectivity index (χ2n) is 5.16. The lowest BCUT2D eigenvalue weighted by atomic mass is 10.1. The first-order chi connectivity index (χ1) is 8.85. The van der Waals surface area contributed by atoms with Gasteiger partial charge >= 0.3 is 5.97 Å². The molecule has 0 fully saturated rings. The molecule has 0 spiro atoms. The number of ether oxygens (including phenoxy) is 1. The van der Waals surface area contributed by atoms with E-state index in [0.717, 1.165) is 11.1 Å². The number of carboxylic acids is 1. The van der Waals surface area contributed by atoms with Crippen molar-refractivity contribution in [3.8, 4) is 0 Å². The zero-order valence-corrected chi connectivity index (χ0v) is 11.3. The Labute approximate surface area is 111 Å². The Kier molecular flexibility index (Phi) is 3.32. The molecule has 1 N–H and O–H groups in total. The number of aromatic carboxylic acids is 1. The molecular weight excluding hydrogens is 246 g/mol. The van der Waals surface area contributed by atoms with Crippen LogP contribution in [0.3, 0.4) is 0 Å². The van der Waals surface area contributed by atoms with Gasteiger partial charge in [0.2, 0.25) is 0 Å². The first-order valence-electron chi connectivity index (χ1n) is 6.05. The Bertz CT molecular complexity index is 536. The molecule has 1 heterocycles. The van der Waals surface area contributed by atoms with E-state index in [4.69, 9.17) is 9.84 Å². The highest BCUT2D eigenvalue weighted by atomic mass is 16.5. The van der Waals surface area contributed by atoms with Gasteiger partial charge in [-0.1, -0.05) is 6.07 Å². The van der Waals surface area contributed by atoms with E-state index in [-0.39, 0.29) is 11.5 Å². The van der Waals surface area contributed by atoms with Crippen LogP contribution in [-0.2, 0) is 22.6 Å². The summed E-state index contributed by atoms with van der Waals surface area (Å²) in [4.78, 5) is 24.9. The van der Waals surface area contributed by atoms with Crippen molar-refractivity contribution in [1.82, 2.24) is 4.90 Å². The Balaban J connectivity index is 2.21. The maximum atomic E-state index is 12.3. The van der Waals surface area contributed by atoms with Crippen molar-refractivity contribution in [2.24, 2.45) is 0 Å². The summed E-state index contributed by atoms with van der Waals surface area (Å²) in [5.41, 5.74) is 1.27. The predicted octanol–water partition coefficient (Wildman–Crippen LogP) is 1.65. The summed E-state index contributed by atoms with van der Waals surface area (Å²) in [6, 6.07) is 4.97. The van der Waals surface area contributed by atoms with E-state index in [9.17, 15) is 9.59 Å². The molecule has 1 aliphatic rings. The van der Waals surface area contributed by atoms with Crippen LogP contribution in [0.25, 0.3) is 0 Å². The minimum absolute atomic E-state index is 0.0944. The molecular formula is C14H17NO4. The maximum Gasteiger partial charge on any atom is 0.335 e. The highest BCUT2D eigenvalue weighted by molar-refractivity contribution is 5.88. The van der Waals surface area contributed by atoms with Gasteiger partial charge in [-0.25, -0.2) is 4.79 Å². The summed E-state index contributed by atoms with van der Waals surface area (Å²) in [6.07, 6.45) is 0. The largest absolute Gasteiger partial charge is 0.478 e. The number of fused-ring (bicyclic) bond motifs is 1. The summed E-state index contributed by atoms with van der Waals surface area (Å²) in [6.45, 7) is 4.38. The fourth-order valence-electron chi connectivity index (χ4n) is 2.14. The average Bonchev–Trinajstić information content (AvgIpc) is 2.80. The fraction of sp³-hybridized carbons (Fsp3) is 0.429. The van der Waals surface area contributed by atoms with E-state index in [1.807, 2.05) is 0 Å². The fourth-order valence-corrected chi connectivity index (χ4v) is 2.14. The van der Waals surface area contributed by atoms with Gasteiger partial charge in [0.05, 0.1) is 5.56 Å². The molecule has 5 nitrogen and oxygen atoms in total. The van der Waals surface area contributed by atoms with E-state index >= 15 is 0 Å². The molecule has 0 aromatic heterocycles. The number of benzene rings is 1. The molecule has 0 saturated heterocycles. The van der Waals surface area contributed by atoms with E-state index in [2.05, 4.69) is 0 Å². The van der Waals surface area contributed by atoms with Crippen molar-refractivity contribution >= 4 is 11.9 Å². The van der Waals surface area contributed by atoms with Gasteiger partial charge in [-0.2, -0.15) is 0 Å². The van der Waals surface area contributed by atoms with Crippen molar-refractivity contribution in [3.63, 3.8) is 0 Å². The van der Waals surface area contributed by atoms with Crippen molar-refractivity contribution in [2.75, 3.05) is 7.11 Å². The molecule has 1 aromatic carbocycles. The second kappa shape index (κ2) is 4.66. The molecule has 0 aliphatic carbocycles. The van der Waals surface area contributed by atoms with E-state index in [0.29, 0.717) is 13.1 Å². The van der Waals surface area contributed by atoms with Crippen LogP contribution in [-0.4, -0.2) is 34.6 Å². The number of methoxy groups -OCH3 is 1. The van der Waals surface area contributed by atoms with Gasteiger partial charge in [-0.3, -0.25) is 4.79 Å². The number of carbonyl (C=O) groups excluding carboxylic acids is 1. The molecule has 1 aromatic rings. The number of carboxylic acid groups (broad SMARTS) is 1. The molecule has 102 valence electrons. The number of rotatable bonds is 3. The number of hydrogen-bond donors (Lipinski definition) is 1. The molecule has 5 heteroatoms. The minimum atomic E-state index is -0.954. The van der Waals surface area contributed by atoms with Crippen LogP contribution >= 0.6 is 0 Å². The molecule has 0 bridgehead atoms. The Morgan fingerprint density at radius 3 is 2.47 bits per heavy atom. The van der Waals surface area contributed by atoms with Crippen molar-refractivity contribution in [3.05, 3.63) is 34.9 Å². The summed E-state index contributed by atoms with van der Waals surface area (Å²) in [5.74, 6) is -1.05. The Morgan fingerprint density at radius 2 is 1.89 bits per heavy atom. The molecule has 1 amide bonds. The lowest BCUT2D eigenvalue weighted by Gasteiger charge is -2.27. The average molecular weight is 263 g/mol.